The molecule has 0 aliphatic carbocycles. The highest BCUT2D eigenvalue weighted by Crippen LogP contribution is 2.35. The normalized spacial score (nSPS) is 13.7. The molecule has 3 aromatic rings. The number of ether oxygens (including phenoxy) is 2. The molecule has 0 spiro atoms. The first kappa shape index (κ1) is 17.9. The number of nitrogens with zero attached hydrogens (tertiary/aromatic N) is 2. The first-order valence-electron chi connectivity index (χ1n) is 8.46. The number of amides is 1. The maximum absolute atomic E-state index is 12.7. The van der Waals surface area contributed by atoms with Gasteiger partial charge in [-0.05, 0) is 24.5 Å². The lowest BCUT2D eigenvalue weighted by molar-refractivity contribution is 0.0997. The number of aromatic nitrogens is 1. The van der Waals surface area contributed by atoms with E-state index >= 15 is 0 Å². The Morgan fingerprint density at radius 2 is 2.07 bits per heavy atom. The number of thioether (sulfide) groups is 1. The van der Waals surface area contributed by atoms with Crippen molar-refractivity contribution in [3.05, 3.63) is 59.4 Å². The summed E-state index contributed by atoms with van der Waals surface area (Å²) in [6.45, 7) is 5.45. The van der Waals surface area contributed by atoms with E-state index in [1.807, 2.05) is 41.2 Å². The highest BCUT2D eigenvalue weighted by molar-refractivity contribution is 7.98. The number of thiazole rings is 1. The number of hydrogen-bond acceptors (Lipinski definition) is 5. The molecule has 2 heterocycles. The van der Waals surface area contributed by atoms with Crippen LogP contribution in [0, 0.1) is 0 Å². The van der Waals surface area contributed by atoms with E-state index in [4.69, 9.17) is 9.47 Å². The van der Waals surface area contributed by atoms with E-state index < -0.39 is 0 Å². The average molecular weight is 399 g/mol. The number of carbonyl (C=O) groups excluding carboxylic acids is 1. The van der Waals surface area contributed by atoms with E-state index in [0.717, 1.165) is 26.6 Å². The second-order valence-electron chi connectivity index (χ2n) is 5.90. The first-order valence-corrected chi connectivity index (χ1v) is 10.5. The van der Waals surface area contributed by atoms with Gasteiger partial charge in [-0.25, -0.2) is 0 Å². The highest BCUT2D eigenvalue weighted by atomic mass is 32.2. The second kappa shape index (κ2) is 7.62. The Morgan fingerprint density at radius 3 is 2.81 bits per heavy atom. The van der Waals surface area contributed by atoms with E-state index in [0.29, 0.717) is 30.1 Å². The maximum atomic E-state index is 12.7. The molecule has 0 saturated heterocycles. The van der Waals surface area contributed by atoms with Gasteiger partial charge in [0.05, 0.1) is 10.2 Å². The summed E-state index contributed by atoms with van der Waals surface area (Å²) in [5.74, 6) is 1.19. The molecule has 4 rings (SSSR count). The van der Waals surface area contributed by atoms with Crippen molar-refractivity contribution in [2.75, 3.05) is 19.5 Å². The summed E-state index contributed by atoms with van der Waals surface area (Å²) in [5, 5.41) is 0. The van der Waals surface area contributed by atoms with Crippen LogP contribution >= 0.6 is 23.1 Å². The van der Waals surface area contributed by atoms with E-state index in [-0.39, 0.29) is 5.91 Å². The molecule has 1 aliphatic heterocycles. The Labute approximate surface area is 165 Å². The van der Waals surface area contributed by atoms with Gasteiger partial charge in [-0.15, -0.1) is 18.3 Å². The van der Waals surface area contributed by atoms with Crippen molar-refractivity contribution >= 4 is 39.2 Å². The summed E-state index contributed by atoms with van der Waals surface area (Å²) in [6, 6.07) is 11.4. The van der Waals surface area contributed by atoms with Crippen LogP contribution in [0.5, 0.6) is 11.5 Å². The molecule has 1 amide bonds. The Hall–Kier alpha value is -2.51. The molecule has 0 unspecified atom stereocenters. The number of carbonyl (C=O) groups is 1. The van der Waals surface area contributed by atoms with Gasteiger partial charge in [0.1, 0.15) is 13.2 Å². The van der Waals surface area contributed by atoms with Crippen molar-refractivity contribution in [1.29, 1.82) is 0 Å². The molecule has 0 saturated carbocycles. The minimum atomic E-state index is -0.257. The lowest BCUT2D eigenvalue weighted by atomic mass is 10.2. The fraction of sp³-hybridized carbons (Fsp3) is 0.200. The molecule has 1 aromatic heterocycles. The monoisotopic (exact) mass is 398 g/mol. The summed E-state index contributed by atoms with van der Waals surface area (Å²) in [4.78, 5) is 18.8. The molecular weight excluding hydrogens is 380 g/mol. The molecule has 5 nitrogen and oxygen atoms in total. The van der Waals surface area contributed by atoms with Crippen molar-refractivity contribution in [3.63, 3.8) is 0 Å². The predicted molar refractivity (Wildman–Crippen MR) is 109 cm³/mol. The third-order valence-electron chi connectivity index (χ3n) is 4.17. The number of rotatable bonds is 4. The molecular formula is C20H18N2O3S2. The molecule has 2 aromatic carbocycles. The third-order valence-corrected chi connectivity index (χ3v) is 5.94. The molecule has 0 radical (unpaired) electrons. The summed E-state index contributed by atoms with van der Waals surface area (Å²) < 4.78 is 14.3. The summed E-state index contributed by atoms with van der Waals surface area (Å²) in [7, 11) is 0. The van der Waals surface area contributed by atoms with Crippen molar-refractivity contribution in [2.45, 2.75) is 11.4 Å². The number of hydrogen-bond donors (Lipinski definition) is 0. The fourth-order valence-electron chi connectivity index (χ4n) is 2.90. The highest BCUT2D eigenvalue weighted by Gasteiger charge is 2.16. The molecule has 0 bridgehead atoms. The quantitative estimate of drug-likeness (QED) is 0.490. The van der Waals surface area contributed by atoms with Crippen LogP contribution in [0.1, 0.15) is 10.4 Å². The largest absolute Gasteiger partial charge is 0.486 e. The van der Waals surface area contributed by atoms with Gasteiger partial charge in [-0.2, -0.15) is 4.99 Å². The molecule has 27 heavy (non-hydrogen) atoms. The van der Waals surface area contributed by atoms with Gasteiger partial charge in [0.25, 0.3) is 5.91 Å². The SMILES string of the molecule is C=CCn1c(=NC(=O)c2cccc(SC)c2)sc2cc3c(cc21)OCCO3. The lowest BCUT2D eigenvalue weighted by Crippen LogP contribution is -2.17. The van der Waals surface area contributed by atoms with Gasteiger partial charge in [-0.1, -0.05) is 23.5 Å². The molecule has 1 aliphatic rings. The molecule has 0 fully saturated rings. The van der Waals surface area contributed by atoms with Gasteiger partial charge >= 0.3 is 0 Å². The molecule has 0 N–H and O–H groups in total. The predicted octanol–water partition coefficient (Wildman–Crippen LogP) is 4.12. The minimum Gasteiger partial charge on any atom is -0.486 e. The standard InChI is InChI=1S/C20H18N2O3S2/c1-3-7-22-15-11-16-17(25-9-8-24-16)12-18(15)27-20(22)21-19(23)13-5-4-6-14(10-13)26-2/h3-6,10-12H,1,7-9H2,2H3. The zero-order valence-electron chi connectivity index (χ0n) is 14.8. The molecule has 138 valence electrons. The maximum Gasteiger partial charge on any atom is 0.279 e. The zero-order chi connectivity index (χ0) is 18.8. The molecule has 7 heteroatoms. The summed E-state index contributed by atoms with van der Waals surface area (Å²) in [5.41, 5.74) is 1.53. The topological polar surface area (TPSA) is 52.8 Å². The second-order valence-corrected chi connectivity index (χ2v) is 7.79. The van der Waals surface area contributed by atoms with Crippen LogP contribution < -0.4 is 14.3 Å². The summed E-state index contributed by atoms with van der Waals surface area (Å²) in [6.07, 6.45) is 3.78. The Balaban J connectivity index is 1.84. The Kier molecular flexibility index (Phi) is 5.05. The van der Waals surface area contributed by atoms with Gasteiger partial charge in [0, 0.05) is 29.1 Å². The third kappa shape index (κ3) is 3.52. The van der Waals surface area contributed by atoms with Crippen LogP contribution in [0.2, 0.25) is 0 Å². The van der Waals surface area contributed by atoms with Gasteiger partial charge < -0.3 is 14.0 Å². The fourth-order valence-corrected chi connectivity index (χ4v) is 4.41. The van der Waals surface area contributed by atoms with Crippen LogP contribution in [0.15, 0.2) is 58.9 Å². The first-order chi connectivity index (χ1) is 13.2. The van der Waals surface area contributed by atoms with Crippen LogP contribution in [0.3, 0.4) is 0 Å². The smallest absolute Gasteiger partial charge is 0.279 e. The van der Waals surface area contributed by atoms with E-state index in [9.17, 15) is 4.79 Å². The van der Waals surface area contributed by atoms with Crippen molar-refractivity contribution < 1.29 is 14.3 Å². The Morgan fingerprint density at radius 1 is 1.30 bits per heavy atom. The summed E-state index contributed by atoms with van der Waals surface area (Å²) >= 11 is 3.05. The Bertz CT molecular complexity index is 1100. The van der Waals surface area contributed by atoms with Crippen LogP contribution in [-0.2, 0) is 6.54 Å². The van der Waals surface area contributed by atoms with Crippen molar-refractivity contribution in [1.82, 2.24) is 4.57 Å². The van der Waals surface area contributed by atoms with Crippen LogP contribution in [-0.4, -0.2) is 29.9 Å². The van der Waals surface area contributed by atoms with Crippen LogP contribution in [0.4, 0.5) is 0 Å². The van der Waals surface area contributed by atoms with E-state index in [1.165, 1.54) is 11.3 Å². The molecule has 0 atom stereocenters. The van der Waals surface area contributed by atoms with Gasteiger partial charge in [-0.3, -0.25) is 4.79 Å². The van der Waals surface area contributed by atoms with Crippen molar-refractivity contribution in [2.24, 2.45) is 4.99 Å². The minimum absolute atomic E-state index is 0.257. The van der Waals surface area contributed by atoms with Crippen molar-refractivity contribution in [3.8, 4) is 11.5 Å². The zero-order valence-corrected chi connectivity index (χ0v) is 16.4. The van der Waals surface area contributed by atoms with Gasteiger partial charge in [0.2, 0.25) is 0 Å². The lowest BCUT2D eigenvalue weighted by Gasteiger charge is -2.18. The van der Waals surface area contributed by atoms with E-state index in [2.05, 4.69) is 11.6 Å². The van der Waals surface area contributed by atoms with E-state index in [1.54, 1.807) is 23.9 Å². The average Bonchev–Trinajstić information content (AvgIpc) is 3.02. The van der Waals surface area contributed by atoms with Crippen LogP contribution in [0.25, 0.3) is 10.2 Å². The number of allylic oxidation sites excluding steroid dienone is 1. The number of fused-ring (bicyclic) bond motifs is 2. The van der Waals surface area contributed by atoms with Gasteiger partial charge in [0.15, 0.2) is 16.3 Å². The number of benzene rings is 2.